The summed E-state index contributed by atoms with van der Waals surface area (Å²) < 4.78 is 0. The Labute approximate surface area is 141 Å². The third kappa shape index (κ3) is 3.87. The minimum atomic E-state index is 0.174. The first-order valence-electron chi connectivity index (χ1n) is 8.05. The van der Waals surface area contributed by atoms with Gasteiger partial charge in [-0.15, -0.1) is 0 Å². The lowest BCUT2D eigenvalue weighted by Crippen LogP contribution is -2.49. The van der Waals surface area contributed by atoms with Crippen molar-refractivity contribution in [3.63, 3.8) is 0 Å². The molecule has 1 aromatic heterocycles. The van der Waals surface area contributed by atoms with Crippen molar-refractivity contribution in [2.45, 2.75) is 12.8 Å². The minimum absolute atomic E-state index is 0.174. The van der Waals surface area contributed by atoms with E-state index in [0.29, 0.717) is 31.5 Å². The van der Waals surface area contributed by atoms with E-state index in [2.05, 4.69) is 20.9 Å². The van der Waals surface area contributed by atoms with E-state index >= 15 is 0 Å². The van der Waals surface area contributed by atoms with Gasteiger partial charge >= 0.3 is 0 Å². The molecule has 0 atom stereocenters. The highest BCUT2D eigenvalue weighted by atomic mass is 16.2. The van der Waals surface area contributed by atoms with Crippen LogP contribution < -0.4 is 4.90 Å². The zero-order valence-electron chi connectivity index (χ0n) is 13.4. The molecule has 0 bridgehead atoms. The van der Waals surface area contributed by atoms with Gasteiger partial charge in [-0.05, 0) is 30.2 Å². The first-order chi connectivity index (χ1) is 11.8. The number of nitriles is 1. The Balaban J connectivity index is 1.47. The summed E-state index contributed by atoms with van der Waals surface area (Å²) in [6.07, 6.45) is 4.66. The summed E-state index contributed by atoms with van der Waals surface area (Å²) >= 11 is 0. The number of aryl methyl sites for hydroxylation is 1. The van der Waals surface area contributed by atoms with Gasteiger partial charge in [-0.1, -0.05) is 12.1 Å². The lowest BCUT2D eigenvalue weighted by Gasteiger charge is -2.34. The molecule has 0 spiro atoms. The van der Waals surface area contributed by atoms with Crippen LogP contribution in [0.15, 0.2) is 42.7 Å². The molecule has 122 valence electrons. The van der Waals surface area contributed by atoms with Crippen LogP contribution in [0.2, 0.25) is 0 Å². The SMILES string of the molecule is N#Cc1ccc(CCC(=O)N2CCN(c3ncccn3)CC2)cc1. The molecule has 1 fully saturated rings. The summed E-state index contributed by atoms with van der Waals surface area (Å²) in [5, 5.41) is 8.80. The third-order valence-electron chi connectivity index (χ3n) is 4.18. The van der Waals surface area contributed by atoms with Crippen molar-refractivity contribution >= 4 is 11.9 Å². The Morgan fingerprint density at radius 1 is 1.08 bits per heavy atom. The lowest BCUT2D eigenvalue weighted by atomic mass is 10.1. The molecule has 6 nitrogen and oxygen atoms in total. The molecular formula is C18H19N5O. The smallest absolute Gasteiger partial charge is 0.225 e. The second kappa shape index (κ2) is 7.55. The highest BCUT2D eigenvalue weighted by Gasteiger charge is 2.22. The van der Waals surface area contributed by atoms with E-state index in [1.54, 1.807) is 30.6 Å². The summed E-state index contributed by atoms with van der Waals surface area (Å²) in [5.41, 5.74) is 1.73. The van der Waals surface area contributed by atoms with Gasteiger partial charge in [0.25, 0.3) is 0 Å². The number of rotatable bonds is 4. The van der Waals surface area contributed by atoms with Gasteiger partial charge in [0.05, 0.1) is 11.6 Å². The van der Waals surface area contributed by atoms with E-state index in [1.807, 2.05) is 17.0 Å². The van der Waals surface area contributed by atoms with Crippen molar-refractivity contribution < 1.29 is 4.79 Å². The summed E-state index contributed by atoms with van der Waals surface area (Å²) in [6.45, 7) is 2.91. The first kappa shape index (κ1) is 15.9. The normalized spacial score (nSPS) is 14.3. The van der Waals surface area contributed by atoms with Gasteiger partial charge in [-0.3, -0.25) is 4.79 Å². The largest absolute Gasteiger partial charge is 0.339 e. The maximum absolute atomic E-state index is 12.4. The fourth-order valence-electron chi connectivity index (χ4n) is 2.77. The number of anilines is 1. The van der Waals surface area contributed by atoms with E-state index < -0.39 is 0 Å². The van der Waals surface area contributed by atoms with Gasteiger partial charge in [0.15, 0.2) is 0 Å². The Morgan fingerprint density at radius 3 is 2.38 bits per heavy atom. The number of carbonyl (C=O) groups is 1. The Bertz CT molecular complexity index is 715. The fraction of sp³-hybridized carbons (Fsp3) is 0.333. The van der Waals surface area contributed by atoms with Gasteiger partial charge in [-0.25, -0.2) is 9.97 Å². The van der Waals surface area contributed by atoms with Gasteiger partial charge in [-0.2, -0.15) is 5.26 Å². The summed E-state index contributed by atoms with van der Waals surface area (Å²) in [4.78, 5) is 24.9. The van der Waals surface area contributed by atoms with E-state index in [0.717, 1.165) is 24.6 Å². The van der Waals surface area contributed by atoms with Crippen molar-refractivity contribution in [2.75, 3.05) is 31.1 Å². The Hall–Kier alpha value is -2.94. The van der Waals surface area contributed by atoms with Crippen LogP contribution >= 0.6 is 0 Å². The van der Waals surface area contributed by atoms with Crippen LogP contribution in [0.5, 0.6) is 0 Å². The molecule has 1 aromatic carbocycles. The van der Waals surface area contributed by atoms with Gasteiger partial charge < -0.3 is 9.80 Å². The van der Waals surface area contributed by atoms with E-state index in [1.165, 1.54) is 0 Å². The maximum atomic E-state index is 12.4. The van der Waals surface area contributed by atoms with Crippen LogP contribution in [-0.4, -0.2) is 47.0 Å². The molecule has 6 heteroatoms. The summed E-state index contributed by atoms with van der Waals surface area (Å²) in [5.74, 6) is 0.898. The quantitative estimate of drug-likeness (QED) is 0.856. The number of hydrogen-bond donors (Lipinski definition) is 0. The molecule has 0 unspecified atom stereocenters. The average Bonchev–Trinajstić information content (AvgIpc) is 2.67. The predicted molar refractivity (Wildman–Crippen MR) is 90.3 cm³/mol. The van der Waals surface area contributed by atoms with Crippen LogP contribution in [-0.2, 0) is 11.2 Å². The number of aromatic nitrogens is 2. The highest BCUT2D eigenvalue weighted by Crippen LogP contribution is 2.12. The minimum Gasteiger partial charge on any atom is -0.339 e. The molecular weight excluding hydrogens is 302 g/mol. The van der Waals surface area contributed by atoms with Crippen molar-refractivity contribution in [3.8, 4) is 6.07 Å². The molecule has 1 amide bonds. The molecule has 24 heavy (non-hydrogen) atoms. The average molecular weight is 321 g/mol. The third-order valence-corrected chi connectivity index (χ3v) is 4.18. The zero-order chi connectivity index (χ0) is 16.8. The predicted octanol–water partition coefficient (Wildman–Crippen LogP) is 1.63. The molecule has 1 saturated heterocycles. The number of carbonyl (C=O) groups excluding carboxylic acids is 1. The Kier molecular flexibility index (Phi) is 5.02. The number of piperazine rings is 1. The Morgan fingerprint density at radius 2 is 1.75 bits per heavy atom. The highest BCUT2D eigenvalue weighted by molar-refractivity contribution is 5.76. The molecule has 2 aromatic rings. The first-order valence-corrected chi connectivity index (χ1v) is 8.05. The molecule has 0 aliphatic carbocycles. The summed E-state index contributed by atoms with van der Waals surface area (Å²) in [6, 6.07) is 11.3. The van der Waals surface area contributed by atoms with E-state index in [4.69, 9.17) is 5.26 Å². The van der Waals surface area contributed by atoms with E-state index in [-0.39, 0.29) is 5.91 Å². The number of nitrogens with zero attached hydrogens (tertiary/aromatic N) is 5. The van der Waals surface area contributed by atoms with Crippen LogP contribution in [0.25, 0.3) is 0 Å². The standard InChI is InChI=1S/C18H19N5O/c19-14-16-4-2-15(3-5-16)6-7-17(24)22-10-12-23(13-11-22)18-20-8-1-9-21-18/h1-5,8-9H,6-7,10-13H2. The molecule has 1 aliphatic rings. The topological polar surface area (TPSA) is 73.1 Å². The summed E-state index contributed by atoms with van der Waals surface area (Å²) in [7, 11) is 0. The van der Waals surface area contributed by atoms with Crippen molar-refractivity contribution in [1.29, 1.82) is 5.26 Å². The molecule has 3 rings (SSSR count). The van der Waals surface area contributed by atoms with Gasteiger partial charge in [0.2, 0.25) is 11.9 Å². The maximum Gasteiger partial charge on any atom is 0.225 e. The van der Waals surface area contributed by atoms with Crippen LogP contribution in [0.1, 0.15) is 17.5 Å². The van der Waals surface area contributed by atoms with E-state index in [9.17, 15) is 4.79 Å². The molecule has 0 saturated carbocycles. The zero-order valence-corrected chi connectivity index (χ0v) is 13.4. The lowest BCUT2D eigenvalue weighted by molar-refractivity contribution is -0.131. The van der Waals surface area contributed by atoms with Gasteiger partial charge in [0, 0.05) is 45.0 Å². The second-order valence-electron chi connectivity index (χ2n) is 5.73. The second-order valence-corrected chi connectivity index (χ2v) is 5.73. The van der Waals surface area contributed by atoms with Crippen LogP contribution in [0.3, 0.4) is 0 Å². The van der Waals surface area contributed by atoms with Crippen molar-refractivity contribution in [1.82, 2.24) is 14.9 Å². The van der Waals surface area contributed by atoms with Crippen LogP contribution in [0.4, 0.5) is 5.95 Å². The molecule has 0 N–H and O–H groups in total. The molecule has 1 aliphatic heterocycles. The van der Waals surface area contributed by atoms with Gasteiger partial charge in [0.1, 0.15) is 0 Å². The number of hydrogen-bond acceptors (Lipinski definition) is 5. The fourth-order valence-corrected chi connectivity index (χ4v) is 2.77. The monoisotopic (exact) mass is 321 g/mol. The molecule has 0 radical (unpaired) electrons. The number of benzene rings is 1. The molecule has 2 heterocycles. The van der Waals surface area contributed by atoms with Crippen molar-refractivity contribution in [2.24, 2.45) is 0 Å². The van der Waals surface area contributed by atoms with Crippen molar-refractivity contribution in [3.05, 3.63) is 53.9 Å². The van der Waals surface area contributed by atoms with Crippen LogP contribution in [0, 0.1) is 11.3 Å². The number of amides is 1.